The van der Waals surface area contributed by atoms with Crippen molar-refractivity contribution in [2.45, 2.75) is 25.4 Å². The van der Waals surface area contributed by atoms with Gasteiger partial charge in [-0.15, -0.1) is 13.2 Å². The highest BCUT2D eigenvalue weighted by molar-refractivity contribution is 6.62. The second-order valence-electron chi connectivity index (χ2n) is 4.99. The zero-order valence-electron chi connectivity index (χ0n) is 11.5. The van der Waals surface area contributed by atoms with Gasteiger partial charge in [-0.3, -0.25) is 0 Å². The van der Waals surface area contributed by atoms with Crippen LogP contribution in [0.2, 0.25) is 0 Å². The van der Waals surface area contributed by atoms with Crippen LogP contribution in [0.1, 0.15) is 12.5 Å². The van der Waals surface area contributed by atoms with Crippen molar-refractivity contribution < 1.29 is 32.3 Å². The molecule has 118 valence electrons. The van der Waals surface area contributed by atoms with Crippen LogP contribution < -0.4 is 20.7 Å². The average Bonchev–Trinajstić information content (AvgIpc) is 2.78. The standard InChI is InChI=1S/C12H12BF3N2O4/c1-11(18,5-17)6-20-8-3-2-7-4-21-13(19)9(7)10(8)22-12(14,15)16/h2-3,19H,4,6,18H2,1H3/t11-/m1/s1. The highest BCUT2D eigenvalue weighted by Crippen LogP contribution is 2.34. The summed E-state index contributed by atoms with van der Waals surface area (Å²) < 4.78 is 51.7. The van der Waals surface area contributed by atoms with Gasteiger partial charge < -0.3 is 24.9 Å². The molecule has 1 aliphatic rings. The Morgan fingerprint density at radius 2 is 2.18 bits per heavy atom. The van der Waals surface area contributed by atoms with Gasteiger partial charge in [-0.05, 0) is 18.6 Å². The van der Waals surface area contributed by atoms with E-state index >= 15 is 0 Å². The van der Waals surface area contributed by atoms with Gasteiger partial charge in [-0.1, -0.05) is 6.07 Å². The Bertz CT molecular complexity index is 616. The molecule has 10 heteroatoms. The number of hydrogen-bond acceptors (Lipinski definition) is 6. The van der Waals surface area contributed by atoms with E-state index in [4.69, 9.17) is 20.4 Å². The Kier molecular flexibility index (Phi) is 4.24. The fraction of sp³-hybridized carbons (Fsp3) is 0.417. The number of nitrogens with two attached hydrogens (primary N) is 1. The second-order valence-corrected chi connectivity index (χ2v) is 4.99. The number of fused-ring (bicyclic) bond motifs is 1. The van der Waals surface area contributed by atoms with E-state index < -0.39 is 24.8 Å². The second kappa shape index (κ2) is 5.68. The molecule has 0 saturated heterocycles. The van der Waals surface area contributed by atoms with Gasteiger partial charge in [0.1, 0.15) is 12.1 Å². The maximum Gasteiger partial charge on any atom is 0.573 e. The number of ether oxygens (including phenoxy) is 2. The van der Waals surface area contributed by atoms with Crippen LogP contribution in [-0.4, -0.2) is 30.7 Å². The molecular formula is C12H12BF3N2O4. The van der Waals surface area contributed by atoms with Gasteiger partial charge in [-0.25, -0.2) is 0 Å². The topological polar surface area (TPSA) is 97.7 Å². The third kappa shape index (κ3) is 3.62. The summed E-state index contributed by atoms with van der Waals surface area (Å²) in [4.78, 5) is 0. The SMILES string of the molecule is C[C@@](N)(C#N)COc1ccc2c(c1OC(F)(F)F)B(O)OC2. The van der Waals surface area contributed by atoms with Crippen LogP contribution in [0.15, 0.2) is 12.1 Å². The molecule has 0 amide bonds. The maximum atomic E-state index is 12.6. The first kappa shape index (κ1) is 16.4. The molecular weight excluding hydrogens is 304 g/mol. The van der Waals surface area contributed by atoms with Crippen molar-refractivity contribution in [1.82, 2.24) is 0 Å². The lowest BCUT2D eigenvalue weighted by atomic mass is 9.78. The van der Waals surface area contributed by atoms with E-state index in [1.165, 1.54) is 19.1 Å². The molecule has 1 aromatic carbocycles. The normalized spacial score (nSPS) is 16.7. The molecule has 1 heterocycles. The predicted molar refractivity (Wildman–Crippen MR) is 69.2 cm³/mol. The Balaban J connectivity index is 2.37. The van der Waals surface area contributed by atoms with Crippen molar-refractivity contribution in [2.75, 3.05) is 6.61 Å². The number of halogens is 3. The molecule has 0 aliphatic carbocycles. The summed E-state index contributed by atoms with van der Waals surface area (Å²) in [5, 5.41) is 18.5. The molecule has 0 aromatic heterocycles. The number of nitrogens with zero attached hydrogens (tertiary/aromatic N) is 1. The third-order valence-electron chi connectivity index (χ3n) is 2.89. The summed E-state index contributed by atoms with van der Waals surface area (Å²) in [6, 6.07) is 4.45. The van der Waals surface area contributed by atoms with Crippen LogP contribution in [0.5, 0.6) is 11.5 Å². The van der Waals surface area contributed by atoms with Crippen LogP contribution in [0, 0.1) is 11.3 Å². The van der Waals surface area contributed by atoms with Crippen molar-refractivity contribution >= 4 is 12.6 Å². The molecule has 0 unspecified atom stereocenters. The summed E-state index contributed by atoms with van der Waals surface area (Å²) in [7, 11) is -1.55. The predicted octanol–water partition coefficient (Wildman–Crippen LogP) is 0.423. The summed E-state index contributed by atoms with van der Waals surface area (Å²) in [6.45, 7) is 0.966. The molecule has 0 saturated carbocycles. The van der Waals surface area contributed by atoms with E-state index in [9.17, 15) is 18.2 Å². The van der Waals surface area contributed by atoms with Gasteiger partial charge in [0, 0.05) is 5.46 Å². The maximum absolute atomic E-state index is 12.6. The Morgan fingerprint density at radius 3 is 2.77 bits per heavy atom. The van der Waals surface area contributed by atoms with E-state index in [1.807, 2.05) is 0 Å². The smallest absolute Gasteiger partial charge is 0.487 e. The van der Waals surface area contributed by atoms with Gasteiger partial charge in [0.2, 0.25) is 0 Å². The lowest BCUT2D eigenvalue weighted by Gasteiger charge is -2.20. The minimum Gasteiger partial charge on any atom is -0.487 e. The van der Waals surface area contributed by atoms with Gasteiger partial charge in [-0.2, -0.15) is 5.26 Å². The minimum atomic E-state index is -4.98. The fourth-order valence-corrected chi connectivity index (χ4v) is 1.86. The van der Waals surface area contributed by atoms with Crippen molar-refractivity contribution in [3.05, 3.63) is 17.7 Å². The van der Waals surface area contributed by atoms with E-state index in [1.54, 1.807) is 6.07 Å². The van der Waals surface area contributed by atoms with E-state index in [2.05, 4.69) is 4.74 Å². The molecule has 6 nitrogen and oxygen atoms in total. The first-order chi connectivity index (χ1) is 10.1. The number of hydrogen-bond donors (Lipinski definition) is 2. The molecule has 1 atom stereocenters. The molecule has 0 fully saturated rings. The Hall–Kier alpha value is -1.96. The Labute approximate surface area is 124 Å². The summed E-state index contributed by atoms with van der Waals surface area (Å²) in [5.41, 5.74) is 4.38. The van der Waals surface area contributed by atoms with E-state index in [-0.39, 0.29) is 24.4 Å². The molecule has 1 aromatic rings. The average molecular weight is 316 g/mol. The van der Waals surface area contributed by atoms with Crippen LogP contribution in [0.3, 0.4) is 0 Å². The number of benzene rings is 1. The molecule has 1 aliphatic heterocycles. The molecule has 0 spiro atoms. The molecule has 0 bridgehead atoms. The summed E-state index contributed by atoms with van der Waals surface area (Å²) in [5.74, 6) is -0.976. The molecule has 3 N–H and O–H groups in total. The fourth-order valence-electron chi connectivity index (χ4n) is 1.86. The van der Waals surface area contributed by atoms with Gasteiger partial charge in [0.25, 0.3) is 0 Å². The Morgan fingerprint density at radius 1 is 1.50 bits per heavy atom. The lowest BCUT2D eigenvalue weighted by molar-refractivity contribution is -0.274. The first-order valence-corrected chi connectivity index (χ1v) is 6.17. The third-order valence-corrected chi connectivity index (χ3v) is 2.89. The molecule has 22 heavy (non-hydrogen) atoms. The molecule has 0 radical (unpaired) electrons. The van der Waals surface area contributed by atoms with Crippen LogP contribution >= 0.6 is 0 Å². The van der Waals surface area contributed by atoms with Crippen LogP contribution in [0.4, 0.5) is 13.2 Å². The summed E-state index contributed by atoms with van der Waals surface area (Å²) in [6.07, 6.45) is -4.98. The quantitative estimate of drug-likeness (QED) is 0.782. The van der Waals surface area contributed by atoms with Gasteiger partial charge in [0.05, 0.1) is 12.7 Å². The monoisotopic (exact) mass is 316 g/mol. The number of nitriles is 1. The van der Waals surface area contributed by atoms with Crippen molar-refractivity contribution in [2.24, 2.45) is 5.73 Å². The van der Waals surface area contributed by atoms with E-state index in [0.29, 0.717) is 5.56 Å². The van der Waals surface area contributed by atoms with Crippen molar-refractivity contribution in [1.29, 1.82) is 5.26 Å². The van der Waals surface area contributed by atoms with Crippen LogP contribution in [0.25, 0.3) is 0 Å². The largest absolute Gasteiger partial charge is 0.573 e. The van der Waals surface area contributed by atoms with Gasteiger partial charge >= 0.3 is 13.5 Å². The van der Waals surface area contributed by atoms with E-state index in [0.717, 1.165) is 0 Å². The highest BCUT2D eigenvalue weighted by Gasteiger charge is 2.40. The zero-order chi connectivity index (χ0) is 16.5. The number of rotatable bonds is 4. The van der Waals surface area contributed by atoms with Crippen molar-refractivity contribution in [3.8, 4) is 17.6 Å². The first-order valence-electron chi connectivity index (χ1n) is 6.17. The lowest BCUT2D eigenvalue weighted by Crippen LogP contribution is -2.41. The number of alkyl halides is 3. The van der Waals surface area contributed by atoms with Crippen molar-refractivity contribution in [3.63, 3.8) is 0 Å². The summed E-state index contributed by atoms with van der Waals surface area (Å²) >= 11 is 0. The van der Waals surface area contributed by atoms with Gasteiger partial charge in [0.15, 0.2) is 11.5 Å². The van der Waals surface area contributed by atoms with Crippen LogP contribution in [-0.2, 0) is 11.3 Å². The highest BCUT2D eigenvalue weighted by atomic mass is 19.4. The zero-order valence-corrected chi connectivity index (χ0v) is 11.5. The molecule has 2 rings (SSSR count). The minimum absolute atomic E-state index is 0.0439.